The van der Waals surface area contributed by atoms with E-state index in [0.717, 1.165) is 45.1 Å². The van der Waals surface area contributed by atoms with Crippen LogP contribution in [0.2, 0.25) is 0 Å². The average Bonchev–Trinajstić information content (AvgIpc) is 3.23. The van der Waals surface area contributed by atoms with Crippen LogP contribution < -0.4 is 5.32 Å². The number of aryl methyl sites for hydroxylation is 1. The smallest absolute Gasteiger partial charge is 0.317 e. The molecule has 0 unspecified atom stereocenters. The molecule has 2 saturated heterocycles. The van der Waals surface area contributed by atoms with E-state index in [9.17, 15) is 4.79 Å². The van der Waals surface area contributed by atoms with Gasteiger partial charge in [-0.1, -0.05) is 6.92 Å². The van der Waals surface area contributed by atoms with Crippen LogP contribution in [0.25, 0.3) is 0 Å². The lowest BCUT2D eigenvalue weighted by molar-refractivity contribution is 0.0873. The van der Waals surface area contributed by atoms with Crippen LogP contribution >= 0.6 is 0 Å². The fraction of sp³-hybridized carbons (Fsp3) is 0.750. The summed E-state index contributed by atoms with van der Waals surface area (Å²) in [6.45, 7) is 7.75. The molecule has 0 aromatic carbocycles. The number of imidazole rings is 1. The van der Waals surface area contributed by atoms with E-state index in [1.165, 1.54) is 0 Å². The third-order valence-electron chi connectivity index (χ3n) is 4.91. The molecule has 2 aliphatic heterocycles. The van der Waals surface area contributed by atoms with E-state index in [2.05, 4.69) is 22.1 Å². The van der Waals surface area contributed by atoms with Gasteiger partial charge in [0.15, 0.2) is 0 Å². The number of aromatic nitrogens is 2. The first-order chi connectivity index (χ1) is 11.2. The molecule has 128 valence electrons. The van der Waals surface area contributed by atoms with Crippen molar-refractivity contribution in [1.82, 2.24) is 24.7 Å². The van der Waals surface area contributed by atoms with Gasteiger partial charge in [-0.05, 0) is 13.0 Å². The Morgan fingerprint density at radius 3 is 3.00 bits per heavy atom. The second kappa shape index (κ2) is 7.31. The quantitative estimate of drug-likeness (QED) is 0.893. The van der Waals surface area contributed by atoms with Crippen molar-refractivity contribution in [3.8, 4) is 0 Å². The van der Waals surface area contributed by atoms with Crippen LogP contribution in [0.1, 0.15) is 25.2 Å². The normalized spacial score (nSPS) is 25.7. The predicted octanol–water partition coefficient (Wildman–Crippen LogP) is 0.845. The third-order valence-corrected chi connectivity index (χ3v) is 4.91. The molecule has 1 aromatic heterocycles. The number of hydrogen-bond acceptors (Lipinski definition) is 4. The van der Waals surface area contributed by atoms with Crippen LogP contribution in [0.4, 0.5) is 4.79 Å². The molecule has 7 heteroatoms. The summed E-state index contributed by atoms with van der Waals surface area (Å²) >= 11 is 0. The summed E-state index contributed by atoms with van der Waals surface area (Å²) in [6, 6.07) is 0.196. The van der Waals surface area contributed by atoms with Gasteiger partial charge in [0, 0.05) is 58.1 Å². The highest BCUT2D eigenvalue weighted by Gasteiger charge is 2.32. The fourth-order valence-electron chi connectivity index (χ4n) is 3.41. The van der Waals surface area contributed by atoms with Crippen LogP contribution in [0.15, 0.2) is 12.4 Å². The lowest BCUT2D eigenvalue weighted by Crippen LogP contribution is -2.53. The van der Waals surface area contributed by atoms with Crippen molar-refractivity contribution >= 4 is 6.03 Å². The Morgan fingerprint density at radius 1 is 1.48 bits per heavy atom. The Kier molecular flexibility index (Phi) is 5.17. The van der Waals surface area contributed by atoms with Gasteiger partial charge in [0.1, 0.15) is 5.82 Å². The van der Waals surface area contributed by atoms with Crippen LogP contribution in [0.3, 0.4) is 0 Å². The summed E-state index contributed by atoms with van der Waals surface area (Å²) in [5.41, 5.74) is 0. The summed E-state index contributed by atoms with van der Waals surface area (Å²) in [5, 5.41) is 3.07. The summed E-state index contributed by atoms with van der Waals surface area (Å²) < 4.78 is 7.41. The molecule has 0 aliphatic carbocycles. The van der Waals surface area contributed by atoms with Gasteiger partial charge < -0.3 is 19.5 Å². The van der Waals surface area contributed by atoms with Crippen molar-refractivity contribution in [2.24, 2.45) is 13.0 Å². The second-order valence-electron chi connectivity index (χ2n) is 6.40. The minimum atomic E-state index is 0.0341. The molecule has 1 aromatic rings. The fourth-order valence-corrected chi connectivity index (χ4v) is 3.41. The average molecular weight is 321 g/mol. The van der Waals surface area contributed by atoms with Crippen molar-refractivity contribution in [3.05, 3.63) is 18.2 Å². The molecule has 0 spiro atoms. The predicted molar refractivity (Wildman–Crippen MR) is 87.1 cm³/mol. The highest BCUT2D eigenvalue weighted by Crippen LogP contribution is 2.23. The van der Waals surface area contributed by atoms with Gasteiger partial charge in [-0.2, -0.15) is 0 Å². The van der Waals surface area contributed by atoms with Crippen molar-refractivity contribution in [1.29, 1.82) is 0 Å². The van der Waals surface area contributed by atoms with Gasteiger partial charge in [-0.3, -0.25) is 4.90 Å². The zero-order valence-electron chi connectivity index (χ0n) is 14.1. The highest BCUT2D eigenvalue weighted by atomic mass is 16.5. The summed E-state index contributed by atoms with van der Waals surface area (Å²) in [5.74, 6) is 1.48. The van der Waals surface area contributed by atoms with Crippen LogP contribution in [0.5, 0.6) is 0 Å². The molecular formula is C16H27N5O2. The third kappa shape index (κ3) is 3.67. The molecule has 7 nitrogen and oxygen atoms in total. The minimum Gasteiger partial charge on any atom is -0.381 e. The molecular weight excluding hydrogens is 294 g/mol. The van der Waals surface area contributed by atoms with Gasteiger partial charge in [0.05, 0.1) is 12.6 Å². The topological polar surface area (TPSA) is 62.6 Å². The van der Waals surface area contributed by atoms with Gasteiger partial charge in [-0.15, -0.1) is 0 Å². The lowest BCUT2D eigenvalue weighted by atomic mass is 10.1. The van der Waals surface area contributed by atoms with Crippen LogP contribution in [0, 0.1) is 5.92 Å². The van der Waals surface area contributed by atoms with Gasteiger partial charge >= 0.3 is 6.03 Å². The molecule has 0 bridgehead atoms. The number of rotatable bonds is 4. The number of ether oxygens (including phenoxy) is 1. The Labute approximate surface area is 137 Å². The molecule has 0 saturated carbocycles. The van der Waals surface area contributed by atoms with Crippen molar-refractivity contribution in [3.63, 3.8) is 0 Å². The van der Waals surface area contributed by atoms with Gasteiger partial charge in [0.25, 0.3) is 0 Å². The van der Waals surface area contributed by atoms with Crippen LogP contribution in [-0.4, -0.2) is 71.3 Å². The first-order valence-electron chi connectivity index (χ1n) is 8.50. The maximum absolute atomic E-state index is 12.5. The minimum absolute atomic E-state index is 0.0341. The monoisotopic (exact) mass is 321 g/mol. The Balaban J connectivity index is 1.60. The molecule has 3 heterocycles. The number of likely N-dealkylation sites (N-methyl/N-ethyl adjacent to an activating group) is 1. The number of carbonyl (C=O) groups is 1. The number of hydrogen-bond donors (Lipinski definition) is 1. The standard InChI is InChI=1S/C16H27N5O2/c1-3-20-7-8-21(11-14(20)15-17-5-6-19(15)2)16(22)18-10-13-4-9-23-12-13/h5-6,13-14H,3-4,7-12H2,1-2H3,(H,18,22)/t13-,14+/m1/s1. The molecule has 2 amide bonds. The van der Waals surface area contributed by atoms with E-state index in [1.54, 1.807) is 0 Å². The Hall–Kier alpha value is -1.60. The van der Waals surface area contributed by atoms with E-state index in [1.807, 2.05) is 28.9 Å². The summed E-state index contributed by atoms with van der Waals surface area (Å²) in [6.07, 6.45) is 4.82. The first-order valence-corrected chi connectivity index (χ1v) is 8.50. The lowest BCUT2D eigenvalue weighted by Gasteiger charge is -2.40. The van der Waals surface area contributed by atoms with E-state index in [0.29, 0.717) is 19.0 Å². The van der Waals surface area contributed by atoms with Gasteiger partial charge in [0.2, 0.25) is 0 Å². The van der Waals surface area contributed by atoms with E-state index < -0.39 is 0 Å². The van der Waals surface area contributed by atoms with E-state index >= 15 is 0 Å². The maximum Gasteiger partial charge on any atom is 0.317 e. The number of nitrogens with zero attached hydrogens (tertiary/aromatic N) is 4. The number of piperazine rings is 1. The SMILES string of the molecule is CCN1CCN(C(=O)NC[C@H]2CCOC2)C[C@H]1c1nccn1C. The first kappa shape index (κ1) is 16.3. The molecule has 1 N–H and O–H groups in total. The molecule has 0 radical (unpaired) electrons. The molecule has 2 aliphatic rings. The van der Waals surface area contributed by atoms with E-state index in [-0.39, 0.29) is 12.1 Å². The van der Waals surface area contributed by atoms with Crippen molar-refractivity contribution in [2.75, 3.05) is 45.9 Å². The number of carbonyl (C=O) groups excluding carboxylic acids is 1. The molecule has 2 fully saturated rings. The van der Waals surface area contributed by atoms with Crippen LogP contribution in [-0.2, 0) is 11.8 Å². The molecule has 2 atom stereocenters. The zero-order chi connectivity index (χ0) is 16.2. The Morgan fingerprint density at radius 2 is 2.35 bits per heavy atom. The highest BCUT2D eigenvalue weighted by molar-refractivity contribution is 5.74. The largest absolute Gasteiger partial charge is 0.381 e. The molecule has 23 heavy (non-hydrogen) atoms. The zero-order valence-corrected chi connectivity index (χ0v) is 14.1. The van der Waals surface area contributed by atoms with Crippen molar-refractivity contribution in [2.45, 2.75) is 19.4 Å². The van der Waals surface area contributed by atoms with Crippen molar-refractivity contribution < 1.29 is 9.53 Å². The Bertz CT molecular complexity index is 526. The van der Waals surface area contributed by atoms with Gasteiger partial charge in [-0.25, -0.2) is 9.78 Å². The summed E-state index contributed by atoms with van der Waals surface area (Å²) in [4.78, 5) is 21.3. The number of nitrogens with one attached hydrogen (secondary N) is 1. The number of urea groups is 1. The second-order valence-corrected chi connectivity index (χ2v) is 6.40. The number of amides is 2. The molecule has 3 rings (SSSR count). The summed E-state index contributed by atoms with van der Waals surface area (Å²) in [7, 11) is 2.01. The van der Waals surface area contributed by atoms with E-state index in [4.69, 9.17) is 4.74 Å². The maximum atomic E-state index is 12.5.